The Bertz CT molecular complexity index is 209. The van der Waals surface area contributed by atoms with Crippen LogP contribution >= 0.6 is 0 Å². The third-order valence-electron chi connectivity index (χ3n) is 3.38. The van der Waals surface area contributed by atoms with Gasteiger partial charge in [0.25, 0.3) is 0 Å². The van der Waals surface area contributed by atoms with Gasteiger partial charge in [0.1, 0.15) is 0 Å². The molecule has 2 aliphatic carbocycles. The van der Waals surface area contributed by atoms with Crippen molar-refractivity contribution in [3.05, 3.63) is 0 Å². The van der Waals surface area contributed by atoms with Gasteiger partial charge in [0.15, 0.2) is 0 Å². The van der Waals surface area contributed by atoms with Gasteiger partial charge in [0, 0.05) is 12.5 Å². The van der Waals surface area contributed by atoms with Crippen molar-refractivity contribution in [1.29, 1.82) is 0 Å². The first-order valence-electron chi connectivity index (χ1n) is 5.73. The molecule has 1 atom stereocenters. The summed E-state index contributed by atoms with van der Waals surface area (Å²) in [5.74, 6) is 0.989. The molecular formula is C11H19NO2. The van der Waals surface area contributed by atoms with E-state index in [1.54, 1.807) is 0 Å². The minimum absolute atomic E-state index is 0.184. The summed E-state index contributed by atoms with van der Waals surface area (Å²) in [6.45, 7) is 0.646. The topological polar surface area (TPSA) is 49.3 Å². The van der Waals surface area contributed by atoms with Gasteiger partial charge < -0.3 is 10.4 Å². The molecule has 2 fully saturated rings. The van der Waals surface area contributed by atoms with Gasteiger partial charge >= 0.3 is 0 Å². The van der Waals surface area contributed by atoms with Crippen molar-refractivity contribution in [2.75, 3.05) is 6.54 Å². The largest absolute Gasteiger partial charge is 0.393 e. The Labute approximate surface area is 84.9 Å². The van der Waals surface area contributed by atoms with Crippen molar-refractivity contribution in [1.82, 2.24) is 5.32 Å². The molecule has 80 valence electrons. The van der Waals surface area contributed by atoms with E-state index in [0.29, 0.717) is 12.5 Å². The minimum Gasteiger partial charge on any atom is -0.393 e. The van der Waals surface area contributed by atoms with Crippen LogP contribution in [0.5, 0.6) is 0 Å². The van der Waals surface area contributed by atoms with Gasteiger partial charge in [0.05, 0.1) is 6.10 Å². The normalized spacial score (nSPS) is 24.1. The summed E-state index contributed by atoms with van der Waals surface area (Å²) in [7, 11) is 0. The molecule has 2 saturated carbocycles. The zero-order chi connectivity index (χ0) is 9.97. The van der Waals surface area contributed by atoms with Gasteiger partial charge in [-0.15, -0.1) is 0 Å². The monoisotopic (exact) mass is 197 g/mol. The number of hydrogen-bond donors (Lipinski definition) is 2. The van der Waals surface area contributed by atoms with Crippen LogP contribution in [0.4, 0.5) is 0 Å². The second kappa shape index (κ2) is 4.30. The molecule has 2 N–H and O–H groups in total. The smallest absolute Gasteiger partial charge is 0.223 e. The Hall–Kier alpha value is -0.570. The van der Waals surface area contributed by atoms with Crippen LogP contribution in [0.1, 0.15) is 38.5 Å². The standard InChI is InChI=1S/C11H19NO2/c13-10(8-4-5-8)6-7-12-11(14)9-2-1-3-9/h8-10,13H,1-7H2,(H,12,14)/t10-/m1/s1. The van der Waals surface area contributed by atoms with Crippen molar-refractivity contribution in [3.8, 4) is 0 Å². The summed E-state index contributed by atoms with van der Waals surface area (Å²) >= 11 is 0. The molecule has 1 amide bonds. The highest BCUT2D eigenvalue weighted by atomic mass is 16.3. The van der Waals surface area contributed by atoms with Crippen LogP contribution in [-0.4, -0.2) is 23.7 Å². The Morgan fingerprint density at radius 2 is 2.07 bits per heavy atom. The molecule has 0 aromatic rings. The lowest BCUT2D eigenvalue weighted by atomic mass is 9.85. The van der Waals surface area contributed by atoms with Crippen LogP contribution in [0.3, 0.4) is 0 Å². The first-order chi connectivity index (χ1) is 6.77. The summed E-state index contributed by atoms with van der Waals surface area (Å²) in [6, 6.07) is 0. The molecule has 0 radical (unpaired) electrons. The zero-order valence-corrected chi connectivity index (χ0v) is 8.54. The van der Waals surface area contributed by atoms with Crippen molar-refractivity contribution < 1.29 is 9.90 Å². The highest BCUT2D eigenvalue weighted by Gasteiger charge is 2.29. The SMILES string of the molecule is O=C(NCC[C@@H](O)C1CC1)C1CCC1. The van der Waals surface area contributed by atoms with Gasteiger partial charge in [-0.1, -0.05) is 6.42 Å². The number of hydrogen-bond acceptors (Lipinski definition) is 2. The Morgan fingerprint density at radius 1 is 1.36 bits per heavy atom. The molecule has 0 saturated heterocycles. The maximum absolute atomic E-state index is 11.4. The molecule has 2 aliphatic rings. The molecule has 3 nitrogen and oxygen atoms in total. The summed E-state index contributed by atoms with van der Waals surface area (Å²) in [5.41, 5.74) is 0. The van der Waals surface area contributed by atoms with Gasteiger partial charge in [0.2, 0.25) is 5.91 Å². The lowest BCUT2D eigenvalue weighted by molar-refractivity contribution is -0.127. The zero-order valence-electron chi connectivity index (χ0n) is 8.54. The van der Waals surface area contributed by atoms with Crippen LogP contribution in [0.25, 0.3) is 0 Å². The first-order valence-corrected chi connectivity index (χ1v) is 5.73. The van der Waals surface area contributed by atoms with Gasteiger partial charge in [-0.2, -0.15) is 0 Å². The van der Waals surface area contributed by atoms with Crippen LogP contribution in [-0.2, 0) is 4.79 Å². The van der Waals surface area contributed by atoms with Crippen molar-refractivity contribution in [2.45, 2.75) is 44.6 Å². The third-order valence-corrected chi connectivity index (χ3v) is 3.38. The van der Waals surface area contributed by atoms with Gasteiger partial charge in [-0.25, -0.2) is 0 Å². The Kier molecular flexibility index (Phi) is 3.06. The lowest BCUT2D eigenvalue weighted by Gasteiger charge is -2.24. The Morgan fingerprint density at radius 3 is 2.57 bits per heavy atom. The van der Waals surface area contributed by atoms with Crippen molar-refractivity contribution in [2.24, 2.45) is 11.8 Å². The number of aliphatic hydroxyl groups excluding tert-OH is 1. The average molecular weight is 197 g/mol. The highest BCUT2D eigenvalue weighted by molar-refractivity contribution is 5.79. The molecule has 14 heavy (non-hydrogen) atoms. The van der Waals surface area contributed by atoms with E-state index >= 15 is 0 Å². The quantitative estimate of drug-likeness (QED) is 0.692. The average Bonchev–Trinajstić information content (AvgIpc) is 2.82. The van der Waals surface area contributed by atoms with Gasteiger partial charge in [-0.3, -0.25) is 4.79 Å². The fraction of sp³-hybridized carbons (Fsp3) is 0.909. The molecule has 0 heterocycles. The van der Waals surface area contributed by atoms with E-state index in [4.69, 9.17) is 0 Å². The molecule has 0 unspecified atom stereocenters. The van der Waals surface area contributed by atoms with E-state index in [9.17, 15) is 9.90 Å². The van der Waals surface area contributed by atoms with E-state index < -0.39 is 0 Å². The molecule has 0 aliphatic heterocycles. The third kappa shape index (κ3) is 2.47. The molecule has 2 rings (SSSR count). The fourth-order valence-electron chi connectivity index (χ4n) is 1.87. The van der Waals surface area contributed by atoms with Crippen molar-refractivity contribution >= 4 is 5.91 Å². The number of nitrogens with one attached hydrogen (secondary N) is 1. The summed E-state index contributed by atoms with van der Waals surface area (Å²) in [5, 5.41) is 12.5. The number of carbonyl (C=O) groups excluding carboxylic acids is 1. The Balaban J connectivity index is 1.54. The number of rotatable bonds is 5. The highest BCUT2D eigenvalue weighted by Crippen LogP contribution is 2.33. The van der Waals surface area contributed by atoms with E-state index in [-0.39, 0.29) is 17.9 Å². The van der Waals surface area contributed by atoms with E-state index in [1.807, 2.05) is 0 Å². The molecular weight excluding hydrogens is 178 g/mol. The minimum atomic E-state index is -0.184. The molecule has 0 spiro atoms. The molecule has 0 aromatic carbocycles. The van der Waals surface area contributed by atoms with E-state index in [2.05, 4.69) is 5.32 Å². The predicted molar refractivity (Wildman–Crippen MR) is 53.7 cm³/mol. The number of aliphatic hydroxyl groups is 1. The van der Waals surface area contributed by atoms with E-state index in [0.717, 1.165) is 32.1 Å². The predicted octanol–water partition coefficient (Wildman–Crippen LogP) is 1.06. The van der Waals surface area contributed by atoms with Crippen LogP contribution in [0.2, 0.25) is 0 Å². The second-order valence-electron chi connectivity index (χ2n) is 4.61. The van der Waals surface area contributed by atoms with Crippen LogP contribution in [0.15, 0.2) is 0 Å². The second-order valence-corrected chi connectivity index (χ2v) is 4.61. The maximum atomic E-state index is 11.4. The first kappa shape index (κ1) is 9.97. The molecule has 0 aromatic heterocycles. The fourth-order valence-corrected chi connectivity index (χ4v) is 1.87. The number of amides is 1. The lowest BCUT2D eigenvalue weighted by Crippen LogP contribution is -2.36. The summed E-state index contributed by atoms with van der Waals surface area (Å²) in [6.07, 6.45) is 6.17. The van der Waals surface area contributed by atoms with Crippen LogP contribution in [0, 0.1) is 11.8 Å². The summed E-state index contributed by atoms with van der Waals surface area (Å²) in [4.78, 5) is 11.4. The van der Waals surface area contributed by atoms with E-state index in [1.165, 1.54) is 6.42 Å². The molecule has 0 bridgehead atoms. The maximum Gasteiger partial charge on any atom is 0.223 e. The summed E-state index contributed by atoms with van der Waals surface area (Å²) < 4.78 is 0. The van der Waals surface area contributed by atoms with Crippen LogP contribution < -0.4 is 5.32 Å². The van der Waals surface area contributed by atoms with Gasteiger partial charge in [-0.05, 0) is 38.0 Å². The number of carbonyl (C=O) groups is 1. The molecule has 3 heteroatoms. The van der Waals surface area contributed by atoms with Crippen molar-refractivity contribution in [3.63, 3.8) is 0 Å².